The molecule has 0 saturated heterocycles. The molecule has 1 unspecified atom stereocenters. The van der Waals surface area contributed by atoms with Crippen LogP contribution in [0.4, 0.5) is 5.69 Å². The fourth-order valence-corrected chi connectivity index (χ4v) is 2.42. The first-order valence-electron chi connectivity index (χ1n) is 7.18. The number of carboxylic acid groups (broad SMARTS) is 1. The number of anilines is 1. The van der Waals surface area contributed by atoms with Crippen molar-refractivity contribution in [1.82, 2.24) is 0 Å². The van der Waals surface area contributed by atoms with Gasteiger partial charge in [0.15, 0.2) is 11.5 Å². The summed E-state index contributed by atoms with van der Waals surface area (Å²) in [6.45, 7) is 1.47. The second-order valence-electron chi connectivity index (χ2n) is 5.18. The zero-order valence-corrected chi connectivity index (χ0v) is 12.5. The van der Waals surface area contributed by atoms with E-state index in [1.165, 1.54) is 11.8 Å². The number of amides is 1. The summed E-state index contributed by atoms with van der Waals surface area (Å²) in [6, 6.07) is 15.2. The Morgan fingerprint density at radius 1 is 1.13 bits per heavy atom. The van der Waals surface area contributed by atoms with Crippen LogP contribution < -0.4 is 9.64 Å². The molecule has 3 rings (SSSR count). The number of carbonyl (C=O) groups is 2. The predicted molar refractivity (Wildman–Crippen MR) is 86.1 cm³/mol. The number of benzene rings is 2. The first kappa shape index (κ1) is 14.8. The average molecular weight is 309 g/mol. The van der Waals surface area contributed by atoms with Crippen molar-refractivity contribution in [3.8, 4) is 5.75 Å². The van der Waals surface area contributed by atoms with Crippen LogP contribution in [0.25, 0.3) is 6.08 Å². The van der Waals surface area contributed by atoms with Crippen LogP contribution in [0, 0.1) is 0 Å². The van der Waals surface area contributed by atoms with Crippen molar-refractivity contribution in [3.63, 3.8) is 0 Å². The van der Waals surface area contributed by atoms with Gasteiger partial charge in [-0.05, 0) is 30.7 Å². The van der Waals surface area contributed by atoms with Gasteiger partial charge in [-0.25, -0.2) is 4.79 Å². The number of hydrogen-bond donors (Lipinski definition) is 1. The molecule has 0 radical (unpaired) electrons. The van der Waals surface area contributed by atoms with E-state index >= 15 is 0 Å². The number of fused-ring (bicyclic) bond motifs is 1. The zero-order chi connectivity index (χ0) is 16.4. The van der Waals surface area contributed by atoms with E-state index in [1.807, 2.05) is 30.3 Å². The van der Waals surface area contributed by atoms with Gasteiger partial charge < -0.3 is 9.84 Å². The lowest BCUT2D eigenvalue weighted by Gasteiger charge is -2.32. The Balaban J connectivity index is 2.08. The summed E-state index contributed by atoms with van der Waals surface area (Å²) in [5, 5.41) is 9.30. The second-order valence-corrected chi connectivity index (χ2v) is 5.18. The smallest absolute Gasteiger partial charge is 0.326 e. The largest absolute Gasteiger partial charge is 0.480 e. The van der Waals surface area contributed by atoms with Crippen molar-refractivity contribution < 1.29 is 19.4 Å². The van der Waals surface area contributed by atoms with Gasteiger partial charge in [0.1, 0.15) is 6.04 Å². The van der Waals surface area contributed by atoms with Crippen molar-refractivity contribution in [3.05, 3.63) is 65.9 Å². The van der Waals surface area contributed by atoms with Gasteiger partial charge in [-0.1, -0.05) is 42.5 Å². The molecule has 0 saturated carbocycles. The average Bonchev–Trinajstić information content (AvgIpc) is 2.56. The van der Waals surface area contributed by atoms with E-state index in [-0.39, 0.29) is 5.76 Å². The number of para-hydroxylation sites is 2. The molecular weight excluding hydrogens is 294 g/mol. The van der Waals surface area contributed by atoms with E-state index in [1.54, 1.807) is 30.3 Å². The van der Waals surface area contributed by atoms with Crippen LogP contribution in [0.1, 0.15) is 12.5 Å². The third-order valence-corrected chi connectivity index (χ3v) is 3.62. The van der Waals surface area contributed by atoms with E-state index in [0.717, 1.165) is 5.56 Å². The molecule has 0 aromatic heterocycles. The molecule has 1 atom stereocenters. The van der Waals surface area contributed by atoms with Gasteiger partial charge >= 0.3 is 5.97 Å². The van der Waals surface area contributed by atoms with Gasteiger partial charge in [0.25, 0.3) is 5.91 Å². The third-order valence-electron chi connectivity index (χ3n) is 3.62. The Bertz CT molecular complexity index is 783. The monoisotopic (exact) mass is 309 g/mol. The second kappa shape index (κ2) is 5.96. The van der Waals surface area contributed by atoms with E-state index in [4.69, 9.17) is 4.74 Å². The van der Waals surface area contributed by atoms with Crippen molar-refractivity contribution in [2.24, 2.45) is 0 Å². The van der Waals surface area contributed by atoms with E-state index in [2.05, 4.69) is 0 Å². The summed E-state index contributed by atoms with van der Waals surface area (Å²) < 4.78 is 5.69. The highest BCUT2D eigenvalue weighted by molar-refractivity contribution is 6.12. The first-order chi connectivity index (χ1) is 11.1. The lowest BCUT2D eigenvalue weighted by Crippen LogP contribution is -2.47. The minimum Gasteiger partial charge on any atom is -0.480 e. The minimum absolute atomic E-state index is 0.100. The van der Waals surface area contributed by atoms with E-state index in [9.17, 15) is 14.7 Å². The van der Waals surface area contributed by atoms with Gasteiger partial charge in [-0.15, -0.1) is 0 Å². The quantitative estimate of drug-likeness (QED) is 0.885. The molecule has 2 aromatic rings. The maximum absolute atomic E-state index is 12.7. The molecule has 0 bridgehead atoms. The molecule has 0 fully saturated rings. The standard InChI is InChI=1S/C18H15NO4/c1-12(18(21)22)19-14-9-5-6-10-15(14)23-16(17(19)20)11-13-7-3-2-4-8-13/h2-12H,1H3,(H,21,22)/b16-11+. The number of hydrogen-bond acceptors (Lipinski definition) is 3. The molecule has 1 amide bonds. The molecular formula is C18H15NO4. The Morgan fingerprint density at radius 3 is 2.48 bits per heavy atom. The van der Waals surface area contributed by atoms with Crippen LogP contribution in [0.5, 0.6) is 5.75 Å². The number of carboxylic acids is 1. The summed E-state index contributed by atoms with van der Waals surface area (Å²) in [5.74, 6) is -0.984. The summed E-state index contributed by atoms with van der Waals surface area (Å²) in [6.07, 6.45) is 1.61. The molecule has 0 aliphatic carbocycles. The van der Waals surface area contributed by atoms with Crippen LogP contribution in [-0.4, -0.2) is 23.0 Å². The topological polar surface area (TPSA) is 66.8 Å². The molecule has 5 nitrogen and oxygen atoms in total. The summed E-state index contributed by atoms with van der Waals surface area (Å²) in [4.78, 5) is 25.3. The summed E-state index contributed by atoms with van der Waals surface area (Å²) >= 11 is 0. The number of nitrogens with zero attached hydrogens (tertiary/aromatic N) is 1. The molecule has 116 valence electrons. The minimum atomic E-state index is -1.07. The fourth-order valence-electron chi connectivity index (χ4n) is 2.42. The number of rotatable bonds is 3. The number of carbonyl (C=O) groups excluding carboxylic acids is 1. The van der Waals surface area contributed by atoms with Crippen molar-refractivity contribution >= 4 is 23.6 Å². The van der Waals surface area contributed by atoms with E-state index < -0.39 is 17.9 Å². The van der Waals surface area contributed by atoms with Gasteiger partial charge in [0.2, 0.25) is 0 Å². The molecule has 0 spiro atoms. The summed E-state index contributed by atoms with van der Waals surface area (Å²) in [5.41, 5.74) is 1.26. The van der Waals surface area contributed by atoms with Crippen LogP contribution >= 0.6 is 0 Å². The third kappa shape index (κ3) is 2.81. The van der Waals surface area contributed by atoms with Gasteiger partial charge in [0.05, 0.1) is 5.69 Å². The van der Waals surface area contributed by atoms with Gasteiger partial charge in [0, 0.05) is 0 Å². The SMILES string of the molecule is CC(C(=O)O)N1C(=O)/C(=C\c2ccccc2)Oc2ccccc21. The van der Waals surface area contributed by atoms with Gasteiger partial charge in [-0.2, -0.15) is 0 Å². The predicted octanol–water partition coefficient (Wildman–Crippen LogP) is 2.93. The Morgan fingerprint density at radius 2 is 1.78 bits per heavy atom. The Hall–Kier alpha value is -3.08. The van der Waals surface area contributed by atoms with Crippen LogP contribution in [-0.2, 0) is 9.59 Å². The molecule has 1 heterocycles. The van der Waals surface area contributed by atoms with E-state index in [0.29, 0.717) is 11.4 Å². The van der Waals surface area contributed by atoms with Crippen LogP contribution in [0.15, 0.2) is 60.4 Å². The van der Waals surface area contributed by atoms with Gasteiger partial charge in [-0.3, -0.25) is 9.69 Å². The summed E-state index contributed by atoms with van der Waals surface area (Å²) in [7, 11) is 0. The molecule has 1 N–H and O–H groups in total. The molecule has 5 heteroatoms. The van der Waals surface area contributed by atoms with Crippen LogP contribution in [0.3, 0.4) is 0 Å². The lowest BCUT2D eigenvalue weighted by atomic mass is 10.1. The maximum atomic E-state index is 12.7. The lowest BCUT2D eigenvalue weighted by molar-refractivity contribution is -0.139. The number of aliphatic carboxylic acids is 1. The molecule has 1 aliphatic heterocycles. The zero-order valence-electron chi connectivity index (χ0n) is 12.5. The van der Waals surface area contributed by atoms with Crippen molar-refractivity contribution in [2.75, 3.05) is 4.90 Å². The Labute approximate surface area is 133 Å². The van der Waals surface area contributed by atoms with Crippen LogP contribution in [0.2, 0.25) is 0 Å². The van der Waals surface area contributed by atoms with Crippen molar-refractivity contribution in [2.45, 2.75) is 13.0 Å². The molecule has 1 aliphatic rings. The molecule has 2 aromatic carbocycles. The van der Waals surface area contributed by atoms with Crippen molar-refractivity contribution in [1.29, 1.82) is 0 Å². The normalized spacial score (nSPS) is 16.7. The molecule has 23 heavy (non-hydrogen) atoms. The fraction of sp³-hybridized carbons (Fsp3) is 0.111. The highest BCUT2D eigenvalue weighted by Crippen LogP contribution is 2.36. The first-order valence-corrected chi connectivity index (χ1v) is 7.18. The number of ether oxygens (including phenoxy) is 1. The Kier molecular flexibility index (Phi) is 3.85. The highest BCUT2D eigenvalue weighted by Gasteiger charge is 2.36. The highest BCUT2D eigenvalue weighted by atomic mass is 16.5. The maximum Gasteiger partial charge on any atom is 0.326 e.